The summed E-state index contributed by atoms with van der Waals surface area (Å²) in [5.41, 5.74) is 3.51. The highest BCUT2D eigenvalue weighted by Gasteiger charge is 2.25. The normalized spacial score (nSPS) is 18.3. The van der Waals surface area contributed by atoms with Gasteiger partial charge in [0.15, 0.2) is 0 Å². The summed E-state index contributed by atoms with van der Waals surface area (Å²) in [6.45, 7) is 4.98. The van der Waals surface area contributed by atoms with Crippen LogP contribution in [-0.2, 0) is 17.8 Å². The number of carbonyl (C=O) groups excluding carboxylic acids is 1. The van der Waals surface area contributed by atoms with E-state index >= 15 is 0 Å². The maximum absolute atomic E-state index is 12.6. The number of likely N-dealkylation sites (tertiary alicyclic amines) is 1. The molecule has 3 rings (SSSR count). The van der Waals surface area contributed by atoms with Crippen molar-refractivity contribution in [1.29, 1.82) is 0 Å². The Hall–Kier alpha value is -2.13. The first-order valence-electron chi connectivity index (χ1n) is 8.90. The Labute approximate surface area is 144 Å². The molecule has 2 aromatic carbocycles. The molecular weight excluding hydrogens is 296 g/mol. The zero-order chi connectivity index (χ0) is 16.8. The van der Waals surface area contributed by atoms with Crippen LogP contribution in [0.1, 0.15) is 30.9 Å². The number of nitrogens with one attached hydrogen (secondary N) is 1. The fraction of sp³-hybridized carbons (Fsp3) is 0.381. The van der Waals surface area contributed by atoms with E-state index in [0.29, 0.717) is 0 Å². The molecule has 1 heterocycles. The maximum atomic E-state index is 12.6. The molecule has 0 aliphatic carbocycles. The van der Waals surface area contributed by atoms with E-state index in [9.17, 15) is 4.79 Å². The molecule has 0 unspecified atom stereocenters. The van der Waals surface area contributed by atoms with E-state index in [-0.39, 0.29) is 11.8 Å². The highest BCUT2D eigenvalue weighted by atomic mass is 16.1. The zero-order valence-electron chi connectivity index (χ0n) is 14.4. The highest BCUT2D eigenvalue weighted by Crippen LogP contribution is 2.20. The standard InChI is InChI=1S/C21H26N2O/c1-2-17-10-12-20(13-11-17)22-21(24)19-9-6-14-23(16-19)15-18-7-4-3-5-8-18/h3-5,7-8,10-13,19H,2,6,9,14-16H2,1H3,(H,22,24)/t19-/m0/s1. The monoisotopic (exact) mass is 322 g/mol. The molecule has 1 amide bonds. The van der Waals surface area contributed by atoms with Crippen LogP contribution >= 0.6 is 0 Å². The van der Waals surface area contributed by atoms with Crippen LogP contribution in [0, 0.1) is 5.92 Å². The number of hydrogen-bond acceptors (Lipinski definition) is 2. The lowest BCUT2D eigenvalue weighted by atomic mass is 9.96. The first-order chi connectivity index (χ1) is 11.7. The van der Waals surface area contributed by atoms with Crippen molar-refractivity contribution in [2.24, 2.45) is 5.92 Å². The molecule has 0 aromatic heterocycles. The second kappa shape index (κ2) is 8.11. The number of piperidine rings is 1. The van der Waals surface area contributed by atoms with Gasteiger partial charge in [-0.3, -0.25) is 9.69 Å². The van der Waals surface area contributed by atoms with Crippen molar-refractivity contribution in [1.82, 2.24) is 4.90 Å². The predicted molar refractivity (Wildman–Crippen MR) is 98.9 cm³/mol. The summed E-state index contributed by atoms with van der Waals surface area (Å²) in [6, 6.07) is 18.7. The molecule has 3 nitrogen and oxygen atoms in total. The van der Waals surface area contributed by atoms with Crippen LogP contribution in [0.3, 0.4) is 0 Å². The lowest BCUT2D eigenvalue weighted by Crippen LogP contribution is -2.40. The molecule has 1 atom stereocenters. The van der Waals surface area contributed by atoms with Gasteiger partial charge in [0.2, 0.25) is 5.91 Å². The van der Waals surface area contributed by atoms with Gasteiger partial charge in [-0.2, -0.15) is 0 Å². The van der Waals surface area contributed by atoms with Crippen molar-refractivity contribution in [2.45, 2.75) is 32.7 Å². The number of hydrogen-bond donors (Lipinski definition) is 1. The molecule has 126 valence electrons. The lowest BCUT2D eigenvalue weighted by Gasteiger charge is -2.32. The van der Waals surface area contributed by atoms with E-state index in [2.05, 4.69) is 53.5 Å². The first kappa shape index (κ1) is 16.7. The first-order valence-corrected chi connectivity index (χ1v) is 8.90. The minimum Gasteiger partial charge on any atom is -0.326 e. The van der Waals surface area contributed by atoms with Gasteiger partial charge < -0.3 is 5.32 Å². The summed E-state index contributed by atoms with van der Waals surface area (Å²) < 4.78 is 0. The SMILES string of the molecule is CCc1ccc(NC(=O)[C@H]2CCCN(Cc3ccccc3)C2)cc1. The van der Waals surface area contributed by atoms with E-state index in [4.69, 9.17) is 0 Å². The molecule has 0 saturated carbocycles. The molecule has 1 aliphatic rings. The molecule has 1 fully saturated rings. The van der Waals surface area contributed by atoms with Crippen LogP contribution in [0.4, 0.5) is 5.69 Å². The van der Waals surface area contributed by atoms with Gasteiger partial charge in [0.25, 0.3) is 0 Å². The van der Waals surface area contributed by atoms with Gasteiger partial charge in [0.05, 0.1) is 5.92 Å². The van der Waals surface area contributed by atoms with Gasteiger partial charge in [0.1, 0.15) is 0 Å². The zero-order valence-corrected chi connectivity index (χ0v) is 14.4. The number of rotatable bonds is 5. The largest absolute Gasteiger partial charge is 0.326 e. The van der Waals surface area contributed by atoms with E-state index in [1.807, 2.05) is 18.2 Å². The quantitative estimate of drug-likeness (QED) is 0.899. The number of carbonyl (C=O) groups is 1. The van der Waals surface area contributed by atoms with Crippen molar-refractivity contribution >= 4 is 11.6 Å². The Morgan fingerprint density at radius 3 is 2.54 bits per heavy atom. The minimum atomic E-state index is 0.0771. The summed E-state index contributed by atoms with van der Waals surface area (Å²) in [5, 5.41) is 3.08. The third kappa shape index (κ3) is 4.45. The van der Waals surface area contributed by atoms with Crippen LogP contribution in [0.2, 0.25) is 0 Å². The van der Waals surface area contributed by atoms with E-state index in [1.165, 1.54) is 11.1 Å². The topological polar surface area (TPSA) is 32.3 Å². The average molecular weight is 322 g/mol. The third-order valence-electron chi connectivity index (χ3n) is 4.76. The van der Waals surface area contributed by atoms with Crippen LogP contribution in [-0.4, -0.2) is 23.9 Å². The summed E-state index contributed by atoms with van der Waals surface area (Å²) in [4.78, 5) is 15.0. The molecule has 24 heavy (non-hydrogen) atoms. The smallest absolute Gasteiger partial charge is 0.228 e. The maximum Gasteiger partial charge on any atom is 0.228 e. The Kier molecular flexibility index (Phi) is 5.65. The lowest BCUT2D eigenvalue weighted by molar-refractivity contribution is -0.121. The van der Waals surface area contributed by atoms with Crippen molar-refractivity contribution < 1.29 is 4.79 Å². The average Bonchev–Trinajstić information content (AvgIpc) is 2.63. The van der Waals surface area contributed by atoms with Gasteiger partial charge in [-0.25, -0.2) is 0 Å². The Balaban J connectivity index is 1.56. The Bertz CT molecular complexity index is 651. The molecule has 0 radical (unpaired) electrons. The molecule has 0 spiro atoms. The van der Waals surface area contributed by atoms with Crippen molar-refractivity contribution in [3.05, 3.63) is 65.7 Å². The van der Waals surface area contributed by atoms with E-state index in [0.717, 1.165) is 44.6 Å². The van der Waals surface area contributed by atoms with Crippen molar-refractivity contribution in [3.63, 3.8) is 0 Å². The molecular formula is C21H26N2O. The molecule has 1 aliphatic heterocycles. The van der Waals surface area contributed by atoms with Crippen molar-refractivity contribution in [3.8, 4) is 0 Å². The second-order valence-corrected chi connectivity index (χ2v) is 6.60. The number of aryl methyl sites for hydroxylation is 1. The van der Waals surface area contributed by atoms with Crippen LogP contribution in [0.15, 0.2) is 54.6 Å². The summed E-state index contributed by atoms with van der Waals surface area (Å²) in [6.07, 6.45) is 3.08. The molecule has 3 heteroatoms. The van der Waals surface area contributed by atoms with Gasteiger partial charge in [-0.15, -0.1) is 0 Å². The van der Waals surface area contributed by atoms with Gasteiger partial charge in [0, 0.05) is 18.8 Å². The summed E-state index contributed by atoms with van der Waals surface area (Å²) in [7, 11) is 0. The predicted octanol–water partition coefficient (Wildman–Crippen LogP) is 4.10. The van der Waals surface area contributed by atoms with Gasteiger partial charge >= 0.3 is 0 Å². The molecule has 0 bridgehead atoms. The van der Waals surface area contributed by atoms with Gasteiger partial charge in [-0.05, 0) is 49.1 Å². The fourth-order valence-corrected chi connectivity index (χ4v) is 3.32. The summed E-state index contributed by atoms with van der Waals surface area (Å²) >= 11 is 0. The number of benzene rings is 2. The van der Waals surface area contributed by atoms with E-state index < -0.39 is 0 Å². The van der Waals surface area contributed by atoms with Gasteiger partial charge in [-0.1, -0.05) is 49.4 Å². The second-order valence-electron chi connectivity index (χ2n) is 6.60. The van der Waals surface area contributed by atoms with Crippen molar-refractivity contribution in [2.75, 3.05) is 18.4 Å². The summed E-state index contributed by atoms with van der Waals surface area (Å²) in [5.74, 6) is 0.227. The molecule has 1 N–H and O–H groups in total. The van der Waals surface area contributed by atoms with Crippen LogP contribution < -0.4 is 5.32 Å². The Morgan fingerprint density at radius 2 is 1.83 bits per heavy atom. The fourth-order valence-electron chi connectivity index (χ4n) is 3.32. The third-order valence-corrected chi connectivity index (χ3v) is 4.76. The Morgan fingerprint density at radius 1 is 1.08 bits per heavy atom. The van der Waals surface area contributed by atoms with Crippen LogP contribution in [0.25, 0.3) is 0 Å². The number of anilines is 1. The molecule has 2 aromatic rings. The number of amides is 1. The highest BCUT2D eigenvalue weighted by molar-refractivity contribution is 5.92. The number of nitrogens with zero attached hydrogens (tertiary/aromatic N) is 1. The van der Waals surface area contributed by atoms with Crippen LogP contribution in [0.5, 0.6) is 0 Å². The molecule has 1 saturated heterocycles. The minimum absolute atomic E-state index is 0.0771. The van der Waals surface area contributed by atoms with E-state index in [1.54, 1.807) is 0 Å².